The van der Waals surface area contributed by atoms with Gasteiger partial charge in [0.2, 0.25) is 5.75 Å². The van der Waals surface area contributed by atoms with Crippen LogP contribution in [0.2, 0.25) is 5.02 Å². The average molecular weight is 323 g/mol. The lowest BCUT2D eigenvalue weighted by atomic mass is 10.1. The van der Waals surface area contributed by atoms with Crippen molar-refractivity contribution < 1.29 is 19.3 Å². The third-order valence-corrected chi connectivity index (χ3v) is 3.46. The van der Waals surface area contributed by atoms with Crippen LogP contribution in [-0.2, 0) is 0 Å². The third-order valence-electron chi connectivity index (χ3n) is 3.22. The molecule has 4 nitrogen and oxygen atoms in total. The molecule has 2 aromatic rings. The molecule has 2 aromatic carbocycles. The van der Waals surface area contributed by atoms with Crippen molar-refractivity contribution in [3.8, 4) is 17.2 Å². The Kier molecular flexibility index (Phi) is 5.52. The summed E-state index contributed by atoms with van der Waals surface area (Å²) in [4.78, 5) is 0. The highest BCUT2D eigenvalue weighted by Crippen LogP contribution is 2.38. The lowest BCUT2D eigenvalue weighted by Crippen LogP contribution is -2.11. The van der Waals surface area contributed by atoms with Crippen molar-refractivity contribution in [3.63, 3.8) is 0 Å². The van der Waals surface area contributed by atoms with Crippen LogP contribution < -0.4 is 14.2 Å². The molecule has 0 amide bonds. The number of hydrogen-bond acceptors (Lipinski definition) is 4. The molecule has 0 aliphatic rings. The molecule has 0 fully saturated rings. The van der Waals surface area contributed by atoms with Crippen molar-refractivity contribution in [1.82, 2.24) is 0 Å². The van der Waals surface area contributed by atoms with Crippen molar-refractivity contribution >= 4 is 11.6 Å². The highest BCUT2D eigenvalue weighted by Gasteiger charge is 2.16. The quantitative estimate of drug-likeness (QED) is 0.879. The Labute approximate surface area is 135 Å². The molecule has 0 bridgehead atoms. The fourth-order valence-electron chi connectivity index (χ4n) is 2.13. The maximum atomic E-state index is 10.2. The van der Waals surface area contributed by atoms with Gasteiger partial charge in [-0.15, -0.1) is 0 Å². The molecule has 0 radical (unpaired) electrons. The largest absolute Gasteiger partial charge is 0.493 e. The maximum Gasteiger partial charge on any atom is 0.203 e. The van der Waals surface area contributed by atoms with Gasteiger partial charge in [-0.05, 0) is 42.3 Å². The summed E-state index contributed by atoms with van der Waals surface area (Å²) < 4.78 is 16.4. The average Bonchev–Trinajstić information content (AvgIpc) is 2.52. The number of aliphatic hydroxyl groups is 1. The first-order valence-corrected chi connectivity index (χ1v) is 7.22. The minimum absolute atomic E-state index is 0.0656. The van der Waals surface area contributed by atoms with E-state index >= 15 is 0 Å². The van der Waals surface area contributed by atoms with Crippen LogP contribution in [-0.4, -0.2) is 25.9 Å². The number of aliphatic hydroxyl groups excluding tert-OH is 1. The van der Waals surface area contributed by atoms with Crippen LogP contribution >= 0.6 is 11.6 Å². The predicted octanol–water partition coefficient (Wildman–Crippen LogP) is 3.78. The van der Waals surface area contributed by atoms with Gasteiger partial charge >= 0.3 is 0 Å². The predicted molar refractivity (Wildman–Crippen MR) is 86.2 cm³/mol. The van der Waals surface area contributed by atoms with Crippen LogP contribution in [0.5, 0.6) is 17.2 Å². The zero-order valence-corrected chi connectivity index (χ0v) is 13.6. The lowest BCUT2D eigenvalue weighted by Gasteiger charge is -2.17. The van der Waals surface area contributed by atoms with Crippen LogP contribution in [0.3, 0.4) is 0 Å². The Morgan fingerprint density at radius 2 is 1.73 bits per heavy atom. The van der Waals surface area contributed by atoms with Crippen molar-refractivity contribution in [2.75, 3.05) is 20.8 Å². The fourth-order valence-corrected chi connectivity index (χ4v) is 2.32. The summed E-state index contributed by atoms with van der Waals surface area (Å²) in [6.07, 6.45) is -0.797. The van der Waals surface area contributed by atoms with E-state index in [2.05, 4.69) is 0 Å². The minimum Gasteiger partial charge on any atom is -0.493 e. The molecule has 0 saturated carbocycles. The second kappa shape index (κ2) is 7.38. The summed E-state index contributed by atoms with van der Waals surface area (Å²) in [5, 5.41) is 10.8. The highest BCUT2D eigenvalue weighted by molar-refractivity contribution is 6.30. The van der Waals surface area contributed by atoms with E-state index in [-0.39, 0.29) is 6.61 Å². The van der Waals surface area contributed by atoms with Crippen molar-refractivity contribution in [2.45, 2.75) is 13.0 Å². The number of methoxy groups -OCH3 is 2. The number of ether oxygens (including phenoxy) is 3. The fraction of sp³-hybridized carbons (Fsp3) is 0.294. The summed E-state index contributed by atoms with van der Waals surface area (Å²) >= 11 is 5.93. The van der Waals surface area contributed by atoms with Gasteiger partial charge in [0.05, 0.1) is 14.2 Å². The van der Waals surface area contributed by atoms with E-state index < -0.39 is 6.10 Å². The van der Waals surface area contributed by atoms with Gasteiger partial charge in [0.1, 0.15) is 12.7 Å². The van der Waals surface area contributed by atoms with Gasteiger partial charge in [-0.3, -0.25) is 0 Å². The van der Waals surface area contributed by atoms with E-state index in [1.807, 2.05) is 19.1 Å². The summed E-state index contributed by atoms with van der Waals surface area (Å²) in [6.45, 7) is 2.01. The molecule has 0 aromatic heterocycles. The second-order valence-electron chi connectivity index (χ2n) is 4.88. The Hall–Kier alpha value is -1.91. The first-order valence-electron chi connectivity index (χ1n) is 6.84. The zero-order valence-electron chi connectivity index (χ0n) is 12.8. The van der Waals surface area contributed by atoms with E-state index in [1.165, 1.54) is 0 Å². The number of hydrogen-bond donors (Lipinski definition) is 1. The van der Waals surface area contributed by atoms with Gasteiger partial charge in [0.15, 0.2) is 11.5 Å². The van der Waals surface area contributed by atoms with Gasteiger partial charge in [-0.2, -0.15) is 0 Å². The van der Waals surface area contributed by atoms with Gasteiger partial charge in [0.25, 0.3) is 0 Å². The molecule has 5 heteroatoms. The normalized spacial score (nSPS) is 11.9. The molecule has 118 valence electrons. The maximum absolute atomic E-state index is 10.2. The standard InChI is InChI=1S/C17H19ClO4/c1-11-7-15(20-2)17(16(8-11)21-3)22-10-14(19)12-5-4-6-13(18)9-12/h4-9,14,19H,10H2,1-3H3. The highest BCUT2D eigenvalue weighted by atomic mass is 35.5. The molecule has 1 atom stereocenters. The summed E-state index contributed by atoms with van der Waals surface area (Å²) in [6, 6.07) is 10.7. The number of halogens is 1. The van der Waals surface area contributed by atoms with Gasteiger partial charge in [-0.1, -0.05) is 23.7 Å². The molecule has 22 heavy (non-hydrogen) atoms. The molecule has 0 spiro atoms. The van der Waals surface area contributed by atoms with E-state index in [1.54, 1.807) is 38.5 Å². The van der Waals surface area contributed by atoms with Gasteiger partial charge < -0.3 is 19.3 Å². The van der Waals surface area contributed by atoms with Crippen LogP contribution in [0.15, 0.2) is 36.4 Å². The van der Waals surface area contributed by atoms with Crippen LogP contribution in [0, 0.1) is 6.92 Å². The smallest absolute Gasteiger partial charge is 0.203 e. The van der Waals surface area contributed by atoms with Gasteiger partial charge in [0, 0.05) is 5.02 Å². The number of benzene rings is 2. The van der Waals surface area contributed by atoms with Crippen molar-refractivity contribution in [3.05, 3.63) is 52.5 Å². The van der Waals surface area contributed by atoms with E-state index in [4.69, 9.17) is 25.8 Å². The summed E-state index contributed by atoms with van der Waals surface area (Å²) in [7, 11) is 3.13. The molecule has 1 N–H and O–H groups in total. The lowest BCUT2D eigenvalue weighted by molar-refractivity contribution is 0.104. The molecule has 2 rings (SSSR count). The monoisotopic (exact) mass is 322 g/mol. The number of aryl methyl sites for hydroxylation is 1. The van der Waals surface area contributed by atoms with Crippen LogP contribution in [0.4, 0.5) is 0 Å². The van der Waals surface area contributed by atoms with Crippen LogP contribution in [0.25, 0.3) is 0 Å². The molecule has 0 aliphatic carbocycles. The molecule has 0 saturated heterocycles. The zero-order chi connectivity index (χ0) is 16.1. The Morgan fingerprint density at radius 3 is 2.27 bits per heavy atom. The molecular formula is C17H19ClO4. The Balaban J connectivity index is 2.17. The SMILES string of the molecule is COc1cc(C)cc(OC)c1OCC(O)c1cccc(Cl)c1. The molecule has 0 heterocycles. The van der Waals surface area contributed by atoms with Crippen molar-refractivity contribution in [1.29, 1.82) is 0 Å². The number of rotatable bonds is 6. The molecule has 1 unspecified atom stereocenters. The summed E-state index contributed by atoms with van der Waals surface area (Å²) in [5.74, 6) is 1.60. The Bertz CT molecular complexity index is 617. The topological polar surface area (TPSA) is 47.9 Å². The van der Waals surface area contributed by atoms with E-state index in [9.17, 15) is 5.11 Å². The second-order valence-corrected chi connectivity index (χ2v) is 5.32. The summed E-state index contributed by atoms with van der Waals surface area (Å²) in [5.41, 5.74) is 1.69. The van der Waals surface area contributed by atoms with Crippen molar-refractivity contribution in [2.24, 2.45) is 0 Å². The first-order chi connectivity index (χ1) is 10.5. The van der Waals surface area contributed by atoms with E-state index in [0.29, 0.717) is 27.8 Å². The minimum atomic E-state index is -0.797. The van der Waals surface area contributed by atoms with Gasteiger partial charge in [-0.25, -0.2) is 0 Å². The molecule has 0 aliphatic heterocycles. The Morgan fingerprint density at radius 1 is 1.09 bits per heavy atom. The van der Waals surface area contributed by atoms with E-state index in [0.717, 1.165) is 5.56 Å². The first kappa shape index (κ1) is 16.5. The van der Waals surface area contributed by atoms with Crippen LogP contribution in [0.1, 0.15) is 17.2 Å². The third kappa shape index (κ3) is 3.84. The molecular weight excluding hydrogens is 304 g/mol.